The average Bonchev–Trinajstić information content (AvgIpc) is 2.10. The highest BCUT2D eigenvalue weighted by molar-refractivity contribution is 5.70. The molecule has 0 aliphatic rings. The molecule has 0 saturated heterocycles. The predicted octanol–water partition coefficient (Wildman–Crippen LogP) is 1.72. The van der Waals surface area contributed by atoms with Crippen LogP contribution in [-0.4, -0.2) is 30.8 Å². The van der Waals surface area contributed by atoms with Gasteiger partial charge >= 0.3 is 5.97 Å². The van der Waals surface area contributed by atoms with Gasteiger partial charge in [0.15, 0.2) is 0 Å². The van der Waals surface area contributed by atoms with Crippen LogP contribution in [0.1, 0.15) is 41.0 Å². The molecular formula is C12H25NO3. The van der Waals surface area contributed by atoms with Crippen molar-refractivity contribution < 1.29 is 14.3 Å². The summed E-state index contributed by atoms with van der Waals surface area (Å²) in [6.07, 6.45) is 0.271. The minimum Gasteiger partial charge on any atom is -0.463 e. The maximum atomic E-state index is 11.3. The van der Waals surface area contributed by atoms with Crippen LogP contribution in [0.25, 0.3) is 0 Å². The van der Waals surface area contributed by atoms with Crippen molar-refractivity contribution in [2.24, 2.45) is 11.7 Å². The van der Waals surface area contributed by atoms with Gasteiger partial charge in [0.25, 0.3) is 0 Å². The van der Waals surface area contributed by atoms with Crippen molar-refractivity contribution in [1.29, 1.82) is 0 Å². The normalized spacial score (nSPS) is 13.9. The molecule has 0 aliphatic heterocycles. The van der Waals surface area contributed by atoms with Gasteiger partial charge in [-0.15, -0.1) is 0 Å². The quantitative estimate of drug-likeness (QED) is 0.558. The number of carbonyl (C=O) groups is 1. The molecule has 0 radical (unpaired) electrons. The first-order valence-electron chi connectivity index (χ1n) is 5.77. The lowest BCUT2D eigenvalue weighted by Crippen LogP contribution is -2.30. The average molecular weight is 231 g/mol. The Hall–Kier alpha value is -0.610. The molecule has 0 aromatic rings. The fraction of sp³-hybridized carbons (Fsp3) is 0.917. The van der Waals surface area contributed by atoms with E-state index in [0.717, 1.165) is 0 Å². The molecule has 0 spiro atoms. The zero-order valence-corrected chi connectivity index (χ0v) is 11.1. The fourth-order valence-electron chi connectivity index (χ4n) is 0.990. The van der Waals surface area contributed by atoms with Crippen LogP contribution in [-0.2, 0) is 14.3 Å². The smallest absolute Gasteiger partial charge is 0.307 e. The highest BCUT2D eigenvalue weighted by Gasteiger charge is 2.14. The van der Waals surface area contributed by atoms with E-state index >= 15 is 0 Å². The zero-order chi connectivity index (χ0) is 12.8. The van der Waals surface area contributed by atoms with Crippen LogP contribution in [0.2, 0.25) is 0 Å². The molecule has 16 heavy (non-hydrogen) atoms. The molecule has 96 valence electrons. The van der Waals surface area contributed by atoms with Gasteiger partial charge in [0.2, 0.25) is 0 Å². The SMILES string of the molecule is CC(C)C(N)CC(=O)OCCOC(C)(C)C. The van der Waals surface area contributed by atoms with Crippen molar-refractivity contribution in [3.8, 4) is 0 Å². The molecule has 1 atom stereocenters. The predicted molar refractivity (Wildman–Crippen MR) is 64.1 cm³/mol. The molecular weight excluding hydrogens is 206 g/mol. The molecule has 1 unspecified atom stereocenters. The summed E-state index contributed by atoms with van der Waals surface area (Å²) in [7, 11) is 0. The lowest BCUT2D eigenvalue weighted by atomic mass is 10.0. The van der Waals surface area contributed by atoms with Crippen molar-refractivity contribution in [2.75, 3.05) is 13.2 Å². The monoisotopic (exact) mass is 231 g/mol. The van der Waals surface area contributed by atoms with Gasteiger partial charge in [0.1, 0.15) is 6.61 Å². The van der Waals surface area contributed by atoms with E-state index in [4.69, 9.17) is 15.2 Å². The topological polar surface area (TPSA) is 61.6 Å². The summed E-state index contributed by atoms with van der Waals surface area (Å²) >= 11 is 0. The Morgan fingerprint density at radius 2 is 1.81 bits per heavy atom. The number of esters is 1. The van der Waals surface area contributed by atoms with E-state index in [-0.39, 0.29) is 24.0 Å². The van der Waals surface area contributed by atoms with Crippen LogP contribution in [0.3, 0.4) is 0 Å². The van der Waals surface area contributed by atoms with Crippen LogP contribution in [0.4, 0.5) is 0 Å². The van der Waals surface area contributed by atoms with Crippen LogP contribution >= 0.6 is 0 Å². The second-order valence-corrected chi connectivity index (χ2v) is 5.29. The fourth-order valence-corrected chi connectivity index (χ4v) is 0.990. The summed E-state index contributed by atoms with van der Waals surface area (Å²) in [4.78, 5) is 11.3. The van der Waals surface area contributed by atoms with Crippen molar-refractivity contribution in [3.63, 3.8) is 0 Å². The summed E-state index contributed by atoms with van der Waals surface area (Å²) in [6, 6.07) is -0.129. The summed E-state index contributed by atoms with van der Waals surface area (Å²) in [6.45, 7) is 10.6. The first-order chi connectivity index (χ1) is 7.22. The van der Waals surface area contributed by atoms with E-state index in [1.807, 2.05) is 34.6 Å². The number of rotatable bonds is 6. The molecule has 0 saturated carbocycles. The van der Waals surface area contributed by atoms with Crippen molar-refractivity contribution >= 4 is 5.97 Å². The van der Waals surface area contributed by atoms with Gasteiger partial charge in [-0.2, -0.15) is 0 Å². The van der Waals surface area contributed by atoms with Gasteiger partial charge in [0, 0.05) is 6.04 Å². The van der Waals surface area contributed by atoms with Gasteiger partial charge < -0.3 is 15.2 Å². The number of carbonyl (C=O) groups excluding carboxylic acids is 1. The summed E-state index contributed by atoms with van der Waals surface area (Å²) in [5.41, 5.74) is 5.57. The highest BCUT2D eigenvalue weighted by Crippen LogP contribution is 2.06. The first-order valence-corrected chi connectivity index (χ1v) is 5.77. The highest BCUT2D eigenvalue weighted by atomic mass is 16.6. The molecule has 0 rings (SSSR count). The lowest BCUT2D eigenvalue weighted by molar-refractivity contribution is -0.147. The number of nitrogens with two attached hydrogens (primary N) is 1. The molecule has 0 aromatic heterocycles. The summed E-state index contributed by atoms with van der Waals surface area (Å²) in [5, 5.41) is 0. The Balaban J connectivity index is 3.59. The van der Waals surface area contributed by atoms with E-state index in [9.17, 15) is 4.79 Å². The van der Waals surface area contributed by atoms with Crippen LogP contribution in [0.5, 0.6) is 0 Å². The number of hydrogen-bond acceptors (Lipinski definition) is 4. The Labute approximate surface area is 98.5 Å². The van der Waals surface area contributed by atoms with Crippen molar-refractivity contribution in [1.82, 2.24) is 0 Å². The molecule has 4 nitrogen and oxygen atoms in total. The van der Waals surface area contributed by atoms with Gasteiger partial charge in [0.05, 0.1) is 18.6 Å². The first kappa shape index (κ1) is 15.4. The largest absolute Gasteiger partial charge is 0.463 e. The Morgan fingerprint density at radius 3 is 2.25 bits per heavy atom. The third kappa shape index (κ3) is 8.68. The lowest BCUT2D eigenvalue weighted by Gasteiger charge is -2.19. The maximum absolute atomic E-state index is 11.3. The van der Waals surface area contributed by atoms with Crippen LogP contribution < -0.4 is 5.73 Å². The number of ether oxygens (including phenoxy) is 2. The standard InChI is InChI=1S/C12H25NO3/c1-9(2)10(13)8-11(14)15-6-7-16-12(3,4)5/h9-10H,6-8,13H2,1-5H3. The van der Waals surface area contributed by atoms with Gasteiger partial charge in [-0.3, -0.25) is 4.79 Å². The number of hydrogen-bond donors (Lipinski definition) is 1. The Morgan fingerprint density at radius 1 is 1.25 bits per heavy atom. The Kier molecular flexibility index (Phi) is 6.60. The van der Waals surface area contributed by atoms with Crippen LogP contribution in [0, 0.1) is 5.92 Å². The molecule has 0 amide bonds. The van der Waals surface area contributed by atoms with E-state index in [1.165, 1.54) is 0 Å². The molecule has 0 heterocycles. The van der Waals surface area contributed by atoms with E-state index in [0.29, 0.717) is 19.1 Å². The van der Waals surface area contributed by atoms with Crippen molar-refractivity contribution in [3.05, 3.63) is 0 Å². The maximum Gasteiger partial charge on any atom is 0.307 e. The third-order valence-electron chi connectivity index (χ3n) is 2.14. The van der Waals surface area contributed by atoms with E-state index in [1.54, 1.807) is 0 Å². The molecule has 2 N–H and O–H groups in total. The second-order valence-electron chi connectivity index (χ2n) is 5.29. The summed E-state index contributed by atoms with van der Waals surface area (Å²) in [5.74, 6) is 0.0390. The Bertz CT molecular complexity index is 209. The minimum absolute atomic E-state index is 0.129. The molecule has 0 fully saturated rings. The van der Waals surface area contributed by atoms with Crippen molar-refractivity contribution in [2.45, 2.75) is 52.7 Å². The van der Waals surface area contributed by atoms with E-state index < -0.39 is 0 Å². The third-order valence-corrected chi connectivity index (χ3v) is 2.14. The van der Waals surface area contributed by atoms with Gasteiger partial charge in [-0.25, -0.2) is 0 Å². The van der Waals surface area contributed by atoms with E-state index in [2.05, 4.69) is 0 Å². The molecule has 0 aliphatic carbocycles. The second kappa shape index (κ2) is 6.86. The van der Waals surface area contributed by atoms with Crippen LogP contribution in [0.15, 0.2) is 0 Å². The van der Waals surface area contributed by atoms with Gasteiger partial charge in [-0.05, 0) is 26.7 Å². The zero-order valence-electron chi connectivity index (χ0n) is 11.1. The summed E-state index contributed by atoms with van der Waals surface area (Å²) < 4.78 is 10.4. The molecule has 0 aromatic carbocycles. The molecule has 4 heteroatoms. The molecule has 0 bridgehead atoms. The van der Waals surface area contributed by atoms with Gasteiger partial charge in [-0.1, -0.05) is 13.8 Å². The minimum atomic E-state index is -0.251.